The van der Waals surface area contributed by atoms with E-state index in [0.29, 0.717) is 12.5 Å². The summed E-state index contributed by atoms with van der Waals surface area (Å²) in [6, 6.07) is 0. The van der Waals surface area contributed by atoms with Crippen molar-refractivity contribution in [3.8, 4) is 0 Å². The molecule has 0 amide bonds. The molecule has 2 aliphatic rings. The van der Waals surface area contributed by atoms with Crippen LogP contribution >= 0.6 is 11.3 Å². The average Bonchev–Trinajstić information content (AvgIpc) is 3.09. The van der Waals surface area contributed by atoms with E-state index >= 15 is 0 Å². The molecule has 3 heterocycles. The summed E-state index contributed by atoms with van der Waals surface area (Å²) in [6.45, 7) is 2.53. The predicted octanol–water partition coefficient (Wildman–Crippen LogP) is 2.83. The molecule has 1 fully saturated rings. The Morgan fingerprint density at radius 2 is 2.17 bits per heavy atom. The van der Waals surface area contributed by atoms with Crippen molar-refractivity contribution in [3.05, 3.63) is 44.0 Å². The molecule has 23 heavy (non-hydrogen) atoms. The highest BCUT2D eigenvalue weighted by molar-refractivity contribution is 7.09. The van der Waals surface area contributed by atoms with Gasteiger partial charge in [-0.25, -0.2) is 4.98 Å². The van der Waals surface area contributed by atoms with E-state index in [0.717, 1.165) is 36.6 Å². The molecular formula is C17H22N4OS. The lowest BCUT2D eigenvalue weighted by Gasteiger charge is -2.28. The zero-order valence-electron chi connectivity index (χ0n) is 13.3. The monoisotopic (exact) mass is 330 g/mol. The summed E-state index contributed by atoms with van der Waals surface area (Å²) in [5.74, 6) is 1.39. The number of nitrogens with one attached hydrogen (secondary N) is 1. The van der Waals surface area contributed by atoms with Gasteiger partial charge in [0.2, 0.25) is 0 Å². The molecule has 5 nitrogen and oxygen atoms in total. The van der Waals surface area contributed by atoms with Crippen LogP contribution in [-0.4, -0.2) is 26.4 Å². The second-order valence-electron chi connectivity index (χ2n) is 6.64. The first-order chi connectivity index (χ1) is 11.3. The number of fused-ring (bicyclic) bond motifs is 1. The van der Waals surface area contributed by atoms with Crippen LogP contribution in [-0.2, 0) is 19.5 Å². The maximum absolute atomic E-state index is 12.5. The zero-order chi connectivity index (χ0) is 15.6. The van der Waals surface area contributed by atoms with E-state index in [9.17, 15) is 4.79 Å². The van der Waals surface area contributed by atoms with Gasteiger partial charge in [0.05, 0.1) is 16.8 Å². The fourth-order valence-corrected chi connectivity index (χ4v) is 4.38. The van der Waals surface area contributed by atoms with Crippen molar-refractivity contribution in [2.75, 3.05) is 6.54 Å². The van der Waals surface area contributed by atoms with E-state index in [4.69, 9.17) is 4.98 Å². The van der Waals surface area contributed by atoms with E-state index in [1.807, 2.05) is 11.7 Å². The highest BCUT2D eigenvalue weighted by Crippen LogP contribution is 2.30. The van der Waals surface area contributed by atoms with Gasteiger partial charge in [-0.05, 0) is 12.8 Å². The molecule has 1 saturated carbocycles. The molecule has 0 atom stereocenters. The smallest absolute Gasteiger partial charge is 0.255 e. The minimum Gasteiger partial charge on any atom is -0.310 e. The third-order valence-corrected chi connectivity index (χ3v) is 5.79. The second-order valence-corrected chi connectivity index (χ2v) is 7.61. The van der Waals surface area contributed by atoms with Crippen LogP contribution in [0.1, 0.15) is 60.0 Å². The van der Waals surface area contributed by atoms with Gasteiger partial charge in [-0.2, -0.15) is 0 Å². The SMILES string of the molecule is O=c1[nH]c(C2CCCCC2)nc2c1CN(Cc1cncs1)CC2. The highest BCUT2D eigenvalue weighted by Gasteiger charge is 2.24. The van der Waals surface area contributed by atoms with Crippen LogP contribution in [0.15, 0.2) is 16.5 Å². The van der Waals surface area contributed by atoms with Crippen molar-refractivity contribution < 1.29 is 0 Å². The van der Waals surface area contributed by atoms with Gasteiger partial charge in [-0.15, -0.1) is 11.3 Å². The van der Waals surface area contributed by atoms with Crippen LogP contribution in [0.5, 0.6) is 0 Å². The Balaban J connectivity index is 1.54. The van der Waals surface area contributed by atoms with Crippen LogP contribution in [0.3, 0.4) is 0 Å². The molecule has 6 heteroatoms. The Morgan fingerprint density at radius 1 is 1.30 bits per heavy atom. The third kappa shape index (κ3) is 3.23. The molecule has 0 spiro atoms. The lowest BCUT2D eigenvalue weighted by atomic mass is 9.88. The number of H-pyrrole nitrogens is 1. The predicted molar refractivity (Wildman–Crippen MR) is 90.6 cm³/mol. The molecule has 1 N–H and O–H groups in total. The van der Waals surface area contributed by atoms with E-state index in [-0.39, 0.29) is 5.56 Å². The van der Waals surface area contributed by atoms with E-state index < -0.39 is 0 Å². The Morgan fingerprint density at radius 3 is 2.96 bits per heavy atom. The Bertz CT molecular complexity index is 719. The fourth-order valence-electron chi connectivity index (χ4n) is 3.75. The van der Waals surface area contributed by atoms with Gasteiger partial charge in [-0.3, -0.25) is 14.7 Å². The molecular weight excluding hydrogens is 308 g/mol. The maximum atomic E-state index is 12.5. The number of rotatable bonds is 3. The molecule has 2 aromatic heterocycles. The zero-order valence-corrected chi connectivity index (χ0v) is 14.1. The summed E-state index contributed by atoms with van der Waals surface area (Å²) >= 11 is 1.67. The van der Waals surface area contributed by atoms with E-state index in [1.165, 1.54) is 37.0 Å². The molecule has 122 valence electrons. The summed E-state index contributed by atoms with van der Waals surface area (Å²) in [5, 5.41) is 0. The van der Waals surface area contributed by atoms with Crippen molar-refractivity contribution in [2.45, 2.75) is 57.5 Å². The van der Waals surface area contributed by atoms with Gasteiger partial charge in [0.25, 0.3) is 5.56 Å². The van der Waals surface area contributed by atoms with Crippen molar-refractivity contribution >= 4 is 11.3 Å². The topological polar surface area (TPSA) is 61.9 Å². The number of hydrogen-bond acceptors (Lipinski definition) is 5. The Labute approximate surface area is 139 Å². The van der Waals surface area contributed by atoms with Crippen LogP contribution < -0.4 is 5.56 Å². The standard InChI is InChI=1S/C17H22N4OS/c22-17-14-10-21(9-13-8-18-11-23-13)7-6-15(14)19-16(20-17)12-4-2-1-3-5-12/h8,11-12H,1-7,9-10H2,(H,19,20,22). The molecule has 4 rings (SSSR count). The largest absolute Gasteiger partial charge is 0.310 e. The van der Waals surface area contributed by atoms with Gasteiger partial charge >= 0.3 is 0 Å². The first-order valence-electron chi connectivity index (χ1n) is 8.51. The van der Waals surface area contributed by atoms with Crippen molar-refractivity contribution in [2.24, 2.45) is 0 Å². The van der Waals surface area contributed by atoms with Crippen LogP contribution in [0.25, 0.3) is 0 Å². The van der Waals surface area contributed by atoms with Crippen molar-refractivity contribution in [1.82, 2.24) is 19.9 Å². The average molecular weight is 330 g/mol. The lowest BCUT2D eigenvalue weighted by Crippen LogP contribution is -2.36. The van der Waals surface area contributed by atoms with Gasteiger partial charge in [0, 0.05) is 43.0 Å². The number of thiazole rings is 1. The molecule has 0 radical (unpaired) electrons. The number of aromatic amines is 1. The lowest BCUT2D eigenvalue weighted by molar-refractivity contribution is 0.243. The molecule has 0 saturated heterocycles. The second kappa shape index (κ2) is 6.53. The number of hydrogen-bond donors (Lipinski definition) is 1. The third-order valence-electron chi connectivity index (χ3n) is 5.02. The highest BCUT2D eigenvalue weighted by atomic mass is 32.1. The number of aromatic nitrogens is 3. The molecule has 0 bridgehead atoms. The van der Waals surface area contributed by atoms with Gasteiger partial charge in [0.15, 0.2) is 0 Å². The summed E-state index contributed by atoms with van der Waals surface area (Å²) in [5.41, 5.74) is 3.82. The van der Waals surface area contributed by atoms with Crippen molar-refractivity contribution in [1.29, 1.82) is 0 Å². The fraction of sp³-hybridized carbons (Fsp3) is 0.588. The van der Waals surface area contributed by atoms with Gasteiger partial charge < -0.3 is 4.98 Å². The first kappa shape index (κ1) is 15.0. The maximum Gasteiger partial charge on any atom is 0.255 e. The van der Waals surface area contributed by atoms with Crippen molar-refractivity contribution in [3.63, 3.8) is 0 Å². The summed E-state index contributed by atoms with van der Waals surface area (Å²) < 4.78 is 0. The molecule has 0 unspecified atom stereocenters. The Hall–Kier alpha value is -1.53. The quantitative estimate of drug-likeness (QED) is 0.940. The summed E-state index contributed by atoms with van der Waals surface area (Å²) in [7, 11) is 0. The molecule has 1 aliphatic carbocycles. The van der Waals surface area contributed by atoms with Crippen LogP contribution in [0, 0.1) is 0 Å². The van der Waals surface area contributed by atoms with Crippen LogP contribution in [0.4, 0.5) is 0 Å². The molecule has 1 aliphatic heterocycles. The minimum atomic E-state index is 0.0737. The van der Waals surface area contributed by atoms with Gasteiger partial charge in [-0.1, -0.05) is 19.3 Å². The normalized spacial score (nSPS) is 19.7. The van der Waals surface area contributed by atoms with Gasteiger partial charge in [0.1, 0.15) is 5.82 Å². The van der Waals surface area contributed by atoms with E-state index in [2.05, 4.69) is 14.9 Å². The summed E-state index contributed by atoms with van der Waals surface area (Å²) in [4.78, 5) is 28.1. The molecule has 0 aromatic carbocycles. The Kier molecular flexibility index (Phi) is 4.27. The molecule has 2 aromatic rings. The van der Waals surface area contributed by atoms with E-state index in [1.54, 1.807) is 11.3 Å². The minimum absolute atomic E-state index is 0.0737. The van der Waals surface area contributed by atoms with Crippen LogP contribution in [0.2, 0.25) is 0 Å². The first-order valence-corrected chi connectivity index (χ1v) is 9.39. The summed E-state index contributed by atoms with van der Waals surface area (Å²) in [6.07, 6.45) is 8.95. The number of nitrogens with zero attached hydrogens (tertiary/aromatic N) is 3.